The maximum absolute atomic E-state index is 5.19. The highest BCUT2D eigenvalue weighted by atomic mass is 16.5. The molecule has 1 aliphatic heterocycles. The van der Waals surface area contributed by atoms with E-state index in [1.54, 1.807) is 0 Å². The standard InChI is InChI=1S/C6H9O/c1-2-7-4-6-3-5(1)6/h3,5-6H,1-2,4H2. The molecule has 0 spiro atoms. The Labute approximate surface area is 43.7 Å². The summed E-state index contributed by atoms with van der Waals surface area (Å²) in [6, 6.07) is 0. The summed E-state index contributed by atoms with van der Waals surface area (Å²) in [5, 5.41) is 0. The first-order valence-corrected chi connectivity index (χ1v) is 2.89. The van der Waals surface area contributed by atoms with Crippen LogP contribution < -0.4 is 0 Å². The van der Waals surface area contributed by atoms with Crippen LogP contribution in [-0.2, 0) is 4.74 Å². The molecular weight excluding hydrogens is 88.1 g/mol. The molecule has 2 unspecified atom stereocenters. The molecule has 0 aromatic heterocycles. The summed E-state index contributed by atoms with van der Waals surface area (Å²) >= 11 is 0. The molecule has 0 aromatic rings. The number of fused-ring (bicyclic) bond motifs is 1. The molecule has 1 radical (unpaired) electrons. The molecule has 1 heterocycles. The third-order valence-corrected chi connectivity index (χ3v) is 1.81. The van der Waals surface area contributed by atoms with Crippen molar-refractivity contribution >= 4 is 0 Å². The van der Waals surface area contributed by atoms with Gasteiger partial charge in [-0.2, -0.15) is 0 Å². The van der Waals surface area contributed by atoms with Crippen molar-refractivity contribution < 1.29 is 4.74 Å². The first-order valence-electron chi connectivity index (χ1n) is 2.89. The Morgan fingerprint density at radius 3 is 3.00 bits per heavy atom. The smallest absolute Gasteiger partial charge is 0.0499 e. The average Bonchev–Trinajstić information content (AvgIpc) is 2.41. The quantitative estimate of drug-likeness (QED) is 0.435. The fourth-order valence-corrected chi connectivity index (χ4v) is 1.18. The van der Waals surface area contributed by atoms with E-state index in [2.05, 4.69) is 6.42 Å². The molecule has 1 aliphatic carbocycles. The Hall–Kier alpha value is -0.0400. The molecule has 2 aliphatic rings. The van der Waals surface area contributed by atoms with E-state index >= 15 is 0 Å². The van der Waals surface area contributed by atoms with Crippen molar-refractivity contribution in [1.29, 1.82) is 0 Å². The van der Waals surface area contributed by atoms with Crippen LogP contribution in [0.15, 0.2) is 0 Å². The molecule has 39 valence electrons. The zero-order valence-electron chi connectivity index (χ0n) is 4.26. The summed E-state index contributed by atoms with van der Waals surface area (Å²) in [5.74, 6) is 1.81. The van der Waals surface area contributed by atoms with Gasteiger partial charge in [0.2, 0.25) is 0 Å². The van der Waals surface area contributed by atoms with Crippen LogP contribution in [0.2, 0.25) is 0 Å². The van der Waals surface area contributed by atoms with Gasteiger partial charge in [0.1, 0.15) is 0 Å². The van der Waals surface area contributed by atoms with Crippen LogP contribution in [0, 0.1) is 18.3 Å². The summed E-state index contributed by atoms with van der Waals surface area (Å²) in [6.07, 6.45) is 3.66. The topological polar surface area (TPSA) is 9.23 Å². The van der Waals surface area contributed by atoms with Gasteiger partial charge in [-0.3, -0.25) is 0 Å². The Bertz CT molecular complexity index is 70.2. The van der Waals surface area contributed by atoms with Crippen LogP contribution in [0.1, 0.15) is 6.42 Å². The maximum atomic E-state index is 5.19. The lowest BCUT2D eigenvalue weighted by molar-refractivity contribution is 0.0892. The second-order valence-electron chi connectivity index (χ2n) is 2.38. The fraction of sp³-hybridized carbons (Fsp3) is 0.833. The first-order chi connectivity index (χ1) is 3.47. The fourth-order valence-electron chi connectivity index (χ4n) is 1.18. The van der Waals surface area contributed by atoms with Crippen LogP contribution in [0.5, 0.6) is 0 Å². The third-order valence-electron chi connectivity index (χ3n) is 1.81. The summed E-state index contributed by atoms with van der Waals surface area (Å²) in [6.45, 7) is 2.00. The lowest BCUT2D eigenvalue weighted by Gasteiger charge is -2.07. The van der Waals surface area contributed by atoms with Gasteiger partial charge in [0.15, 0.2) is 0 Å². The van der Waals surface area contributed by atoms with Crippen LogP contribution in [0.25, 0.3) is 0 Å². The van der Waals surface area contributed by atoms with Crippen molar-refractivity contribution in [2.45, 2.75) is 6.42 Å². The second-order valence-corrected chi connectivity index (χ2v) is 2.38. The monoisotopic (exact) mass is 97.1 g/mol. The van der Waals surface area contributed by atoms with Gasteiger partial charge < -0.3 is 4.74 Å². The lowest BCUT2D eigenvalue weighted by atomic mass is 10.2. The number of rotatable bonds is 0. The Kier molecular flexibility index (Phi) is 0.680. The third kappa shape index (κ3) is 0.556. The minimum atomic E-state index is 0.855. The number of hydrogen-bond acceptors (Lipinski definition) is 1. The zero-order valence-corrected chi connectivity index (χ0v) is 4.26. The molecule has 1 saturated heterocycles. The van der Waals surface area contributed by atoms with Gasteiger partial charge in [-0.25, -0.2) is 0 Å². The van der Waals surface area contributed by atoms with Crippen molar-refractivity contribution in [2.75, 3.05) is 13.2 Å². The van der Waals surface area contributed by atoms with Crippen molar-refractivity contribution in [1.82, 2.24) is 0 Å². The summed E-state index contributed by atoms with van der Waals surface area (Å²) in [5.41, 5.74) is 0. The van der Waals surface area contributed by atoms with Gasteiger partial charge in [0.25, 0.3) is 0 Å². The van der Waals surface area contributed by atoms with Crippen molar-refractivity contribution in [3.8, 4) is 0 Å². The Balaban J connectivity index is 1.95. The zero-order chi connectivity index (χ0) is 4.69. The Morgan fingerprint density at radius 2 is 2.43 bits per heavy atom. The maximum Gasteiger partial charge on any atom is 0.0499 e. The van der Waals surface area contributed by atoms with Crippen molar-refractivity contribution in [3.63, 3.8) is 0 Å². The van der Waals surface area contributed by atoms with Gasteiger partial charge in [-0.05, 0) is 24.7 Å². The van der Waals surface area contributed by atoms with Crippen LogP contribution in [0.4, 0.5) is 0 Å². The van der Waals surface area contributed by atoms with Gasteiger partial charge in [-0.15, -0.1) is 0 Å². The SMILES string of the molecule is [CH]1C2CCOCC12. The highest BCUT2D eigenvalue weighted by Gasteiger charge is 2.39. The minimum absolute atomic E-state index is 0.855. The van der Waals surface area contributed by atoms with Gasteiger partial charge in [0.05, 0.1) is 0 Å². The number of hydrogen-bond donors (Lipinski definition) is 0. The molecule has 2 fully saturated rings. The highest BCUT2D eigenvalue weighted by Crippen LogP contribution is 2.42. The van der Waals surface area contributed by atoms with E-state index in [1.807, 2.05) is 0 Å². The van der Waals surface area contributed by atoms with Crippen LogP contribution in [-0.4, -0.2) is 13.2 Å². The molecule has 1 nitrogen and oxygen atoms in total. The highest BCUT2D eigenvalue weighted by molar-refractivity contribution is 5.06. The van der Waals surface area contributed by atoms with E-state index in [1.165, 1.54) is 6.42 Å². The van der Waals surface area contributed by atoms with E-state index in [0.717, 1.165) is 25.0 Å². The van der Waals surface area contributed by atoms with Crippen LogP contribution >= 0.6 is 0 Å². The summed E-state index contributed by atoms with van der Waals surface area (Å²) in [7, 11) is 0. The molecule has 0 bridgehead atoms. The Morgan fingerprint density at radius 1 is 1.43 bits per heavy atom. The summed E-state index contributed by atoms with van der Waals surface area (Å²) < 4.78 is 5.19. The van der Waals surface area contributed by atoms with Gasteiger partial charge >= 0.3 is 0 Å². The van der Waals surface area contributed by atoms with E-state index < -0.39 is 0 Å². The van der Waals surface area contributed by atoms with E-state index in [0.29, 0.717) is 0 Å². The molecule has 0 aromatic carbocycles. The molecule has 2 rings (SSSR count). The van der Waals surface area contributed by atoms with Crippen molar-refractivity contribution in [2.24, 2.45) is 11.8 Å². The lowest BCUT2D eigenvalue weighted by Crippen LogP contribution is -2.06. The predicted octanol–water partition coefficient (Wildman–Crippen LogP) is 0.857. The molecule has 7 heavy (non-hydrogen) atoms. The number of ether oxygens (including phenoxy) is 1. The second kappa shape index (κ2) is 1.22. The molecule has 0 N–H and O–H groups in total. The molecule has 0 amide bonds. The molecular formula is C6H9O. The van der Waals surface area contributed by atoms with Crippen molar-refractivity contribution in [3.05, 3.63) is 6.42 Å². The summed E-state index contributed by atoms with van der Waals surface area (Å²) in [4.78, 5) is 0. The predicted molar refractivity (Wildman–Crippen MR) is 26.7 cm³/mol. The largest absolute Gasteiger partial charge is 0.381 e. The first kappa shape index (κ1) is 3.90. The molecule has 2 atom stereocenters. The molecule has 1 saturated carbocycles. The van der Waals surface area contributed by atoms with E-state index in [9.17, 15) is 0 Å². The van der Waals surface area contributed by atoms with E-state index in [4.69, 9.17) is 4.74 Å². The van der Waals surface area contributed by atoms with Gasteiger partial charge in [0, 0.05) is 13.2 Å². The van der Waals surface area contributed by atoms with Crippen LogP contribution in [0.3, 0.4) is 0 Å². The average molecular weight is 97.1 g/mol. The van der Waals surface area contributed by atoms with E-state index in [-0.39, 0.29) is 0 Å². The molecule has 1 heteroatoms. The normalized spacial score (nSPS) is 48.0. The minimum Gasteiger partial charge on any atom is -0.381 e. The van der Waals surface area contributed by atoms with Gasteiger partial charge in [-0.1, -0.05) is 0 Å².